The third-order valence-corrected chi connectivity index (χ3v) is 4.31. The van der Waals surface area contributed by atoms with Gasteiger partial charge in [-0.05, 0) is 49.1 Å². The predicted octanol–water partition coefficient (Wildman–Crippen LogP) is 3.32. The number of hydrogen-bond donors (Lipinski definition) is 1. The zero-order valence-corrected chi connectivity index (χ0v) is 14.5. The quantitative estimate of drug-likeness (QED) is 0.796. The first kappa shape index (κ1) is 16.8. The minimum atomic E-state index is -0.292. The van der Waals surface area contributed by atoms with Gasteiger partial charge in [0, 0.05) is 18.6 Å². The van der Waals surface area contributed by atoms with Crippen LogP contribution < -0.4 is 5.32 Å². The standard InChI is InChI=1S/C20H20N4O/c1-13-6-7-16(9-14(13)2)19(17-5-4-8-21-10-17)24-20(25)18-11-22-12-23-15(18)3/h4-12,19H,1-3H3,(H,24,25). The summed E-state index contributed by atoms with van der Waals surface area (Å²) in [6, 6.07) is 9.74. The van der Waals surface area contributed by atoms with Crippen molar-refractivity contribution in [3.05, 3.63) is 88.8 Å². The maximum absolute atomic E-state index is 12.8. The number of aryl methyl sites for hydroxylation is 3. The molecule has 0 spiro atoms. The van der Waals surface area contributed by atoms with E-state index in [0.29, 0.717) is 11.3 Å². The van der Waals surface area contributed by atoms with Gasteiger partial charge in [-0.15, -0.1) is 0 Å². The third-order valence-electron chi connectivity index (χ3n) is 4.31. The second-order valence-electron chi connectivity index (χ2n) is 6.06. The van der Waals surface area contributed by atoms with Gasteiger partial charge >= 0.3 is 0 Å². The maximum atomic E-state index is 12.8. The lowest BCUT2D eigenvalue weighted by molar-refractivity contribution is 0.0941. The Bertz CT molecular complexity index is 893. The highest BCUT2D eigenvalue weighted by Gasteiger charge is 2.20. The van der Waals surface area contributed by atoms with Crippen LogP contribution in [0, 0.1) is 20.8 Å². The highest BCUT2D eigenvalue weighted by Crippen LogP contribution is 2.24. The Morgan fingerprint density at radius 1 is 1.00 bits per heavy atom. The van der Waals surface area contributed by atoms with E-state index in [-0.39, 0.29) is 11.9 Å². The van der Waals surface area contributed by atoms with Gasteiger partial charge in [-0.1, -0.05) is 24.3 Å². The van der Waals surface area contributed by atoms with E-state index in [0.717, 1.165) is 11.1 Å². The van der Waals surface area contributed by atoms with E-state index in [1.807, 2.05) is 18.2 Å². The van der Waals surface area contributed by atoms with E-state index in [4.69, 9.17) is 0 Å². The first-order valence-electron chi connectivity index (χ1n) is 8.11. The van der Waals surface area contributed by atoms with Gasteiger partial charge in [0.25, 0.3) is 5.91 Å². The van der Waals surface area contributed by atoms with Gasteiger partial charge in [0.1, 0.15) is 6.33 Å². The van der Waals surface area contributed by atoms with Crippen LogP contribution in [0.25, 0.3) is 0 Å². The maximum Gasteiger partial charge on any atom is 0.255 e. The summed E-state index contributed by atoms with van der Waals surface area (Å²) in [5.74, 6) is -0.204. The average Bonchev–Trinajstić information content (AvgIpc) is 2.63. The number of benzene rings is 1. The molecule has 1 N–H and O–H groups in total. The SMILES string of the molecule is Cc1ccc(C(NC(=O)c2cncnc2C)c2cccnc2)cc1C. The average molecular weight is 332 g/mol. The van der Waals surface area contributed by atoms with Gasteiger partial charge in [-0.2, -0.15) is 0 Å². The summed E-state index contributed by atoms with van der Waals surface area (Å²) < 4.78 is 0. The Labute approximate surface area is 147 Å². The van der Waals surface area contributed by atoms with Crippen molar-refractivity contribution in [2.45, 2.75) is 26.8 Å². The number of nitrogens with zero attached hydrogens (tertiary/aromatic N) is 3. The molecule has 0 saturated heterocycles. The van der Waals surface area contributed by atoms with Crippen molar-refractivity contribution < 1.29 is 4.79 Å². The molecule has 3 rings (SSSR count). The van der Waals surface area contributed by atoms with E-state index in [1.54, 1.807) is 25.5 Å². The van der Waals surface area contributed by atoms with Gasteiger partial charge in [0.05, 0.1) is 17.3 Å². The Morgan fingerprint density at radius 2 is 1.84 bits per heavy atom. The molecule has 1 amide bonds. The first-order valence-corrected chi connectivity index (χ1v) is 8.11. The highest BCUT2D eigenvalue weighted by atomic mass is 16.1. The molecule has 0 bridgehead atoms. The van der Waals surface area contributed by atoms with Crippen molar-refractivity contribution in [1.82, 2.24) is 20.3 Å². The molecule has 2 heterocycles. The Morgan fingerprint density at radius 3 is 2.52 bits per heavy atom. The fourth-order valence-corrected chi connectivity index (χ4v) is 2.67. The Kier molecular flexibility index (Phi) is 4.84. The number of aromatic nitrogens is 3. The van der Waals surface area contributed by atoms with Crippen LogP contribution in [0.5, 0.6) is 0 Å². The zero-order valence-electron chi connectivity index (χ0n) is 14.5. The largest absolute Gasteiger partial charge is 0.341 e. The smallest absolute Gasteiger partial charge is 0.255 e. The van der Waals surface area contributed by atoms with Crippen molar-refractivity contribution in [1.29, 1.82) is 0 Å². The van der Waals surface area contributed by atoms with Crippen LogP contribution in [-0.2, 0) is 0 Å². The summed E-state index contributed by atoms with van der Waals surface area (Å²) in [7, 11) is 0. The van der Waals surface area contributed by atoms with E-state index in [1.165, 1.54) is 17.5 Å². The monoisotopic (exact) mass is 332 g/mol. The number of amides is 1. The lowest BCUT2D eigenvalue weighted by Crippen LogP contribution is -2.30. The summed E-state index contributed by atoms with van der Waals surface area (Å²) in [6.45, 7) is 5.93. The molecule has 0 radical (unpaired) electrons. The van der Waals surface area contributed by atoms with Crippen LogP contribution in [0.3, 0.4) is 0 Å². The minimum Gasteiger partial charge on any atom is -0.341 e. The molecule has 1 unspecified atom stereocenters. The molecule has 0 fully saturated rings. The molecule has 0 aliphatic carbocycles. The van der Waals surface area contributed by atoms with Gasteiger partial charge in [-0.3, -0.25) is 9.78 Å². The van der Waals surface area contributed by atoms with E-state index >= 15 is 0 Å². The van der Waals surface area contributed by atoms with Gasteiger partial charge in [-0.25, -0.2) is 9.97 Å². The molecule has 3 aromatic rings. The second kappa shape index (κ2) is 7.21. The Hall–Kier alpha value is -3.08. The third kappa shape index (κ3) is 3.71. The number of carbonyl (C=O) groups excluding carboxylic acids is 1. The van der Waals surface area contributed by atoms with Crippen LogP contribution >= 0.6 is 0 Å². The van der Waals surface area contributed by atoms with Gasteiger partial charge < -0.3 is 5.32 Å². The fraction of sp³-hybridized carbons (Fsp3) is 0.200. The van der Waals surface area contributed by atoms with Gasteiger partial charge in [0.15, 0.2) is 0 Å². The molecular weight excluding hydrogens is 312 g/mol. The number of hydrogen-bond acceptors (Lipinski definition) is 4. The number of rotatable bonds is 4. The lowest BCUT2D eigenvalue weighted by Gasteiger charge is -2.21. The van der Waals surface area contributed by atoms with E-state index in [2.05, 4.69) is 46.2 Å². The predicted molar refractivity (Wildman–Crippen MR) is 96.2 cm³/mol. The van der Waals surface area contributed by atoms with Crippen molar-refractivity contribution in [2.75, 3.05) is 0 Å². The van der Waals surface area contributed by atoms with Crippen LogP contribution in [-0.4, -0.2) is 20.9 Å². The number of nitrogens with one attached hydrogen (secondary N) is 1. The van der Waals surface area contributed by atoms with Crippen LogP contribution in [0.2, 0.25) is 0 Å². The lowest BCUT2D eigenvalue weighted by atomic mass is 9.96. The summed E-state index contributed by atoms with van der Waals surface area (Å²) in [6.07, 6.45) is 6.47. The van der Waals surface area contributed by atoms with Crippen molar-refractivity contribution in [2.24, 2.45) is 0 Å². The minimum absolute atomic E-state index is 0.204. The van der Waals surface area contributed by atoms with E-state index in [9.17, 15) is 4.79 Å². The molecule has 0 aliphatic rings. The summed E-state index contributed by atoms with van der Waals surface area (Å²) in [5.41, 5.74) is 5.46. The molecule has 25 heavy (non-hydrogen) atoms. The zero-order chi connectivity index (χ0) is 17.8. The summed E-state index contributed by atoms with van der Waals surface area (Å²) in [5, 5.41) is 3.09. The van der Waals surface area contributed by atoms with Crippen LogP contribution in [0.1, 0.15) is 44.3 Å². The van der Waals surface area contributed by atoms with Crippen molar-refractivity contribution in [3.8, 4) is 0 Å². The Balaban J connectivity index is 1.99. The number of carbonyl (C=O) groups is 1. The molecule has 126 valence electrons. The molecule has 1 aromatic carbocycles. The molecule has 1 atom stereocenters. The normalized spacial score (nSPS) is 11.8. The van der Waals surface area contributed by atoms with Crippen LogP contribution in [0.4, 0.5) is 0 Å². The topological polar surface area (TPSA) is 67.8 Å². The van der Waals surface area contributed by atoms with E-state index < -0.39 is 0 Å². The van der Waals surface area contributed by atoms with Crippen molar-refractivity contribution in [3.63, 3.8) is 0 Å². The first-order chi connectivity index (χ1) is 12.1. The van der Waals surface area contributed by atoms with Gasteiger partial charge in [0.2, 0.25) is 0 Å². The molecule has 0 aliphatic heterocycles. The summed E-state index contributed by atoms with van der Waals surface area (Å²) >= 11 is 0. The molecule has 5 heteroatoms. The van der Waals surface area contributed by atoms with Crippen LogP contribution in [0.15, 0.2) is 55.2 Å². The second-order valence-corrected chi connectivity index (χ2v) is 6.06. The molecular formula is C20H20N4O. The number of pyridine rings is 1. The molecule has 5 nitrogen and oxygen atoms in total. The highest BCUT2D eigenvalue weighted by molar-refractivity contribution is 5.95. The van der Waals surface area contributed by atoms with Crippen molar-refractivity contribution >= 4 is 5.91 Å². The molecule has 2 aromatic heterocycles. The molecule has 0 saturated carbocycles. The fourth-order valence-electron chi connectivity index (χ4n) is 2.67. The summed E-state index contributed by atoms with van der Waals surface area (Å²) in [4.78, 5) is 25.0.